The van der Waals surface area contributed by atoms with E-state index in [4.69, 9.17) is 9.47 Å². The van der Waals surface area contributed by atoms with Crippen LogP contribution in [0.4, 0.5) is 5.95 Å². The van der Waals surface area contributed by atoms with Gasteiger partial charge in [0.25, 0.3) is 0 Å². The Hall–Kier alpha value is -4.03. The fourth-order valence-electron chi connectivity index (χ4n) is 3.40. The van der Waals surface area contributed by atoms with E-state index in [0.717, 1.165) is 5.69 Å². The van der Waals surface area contributed by atoms with E-state index in [2.05, 4.69) is 21.2 Å². The topological polar surface area (TPSA) is 117 Å². The maximum Gasteiger partial charge on any atom is 0.232 e. The summed E-state index contributed by atoms with van der Waals surface area (Å²) in [6.45, 7) is 2.51. The number of benzene rings is 2. The number of aromatic hydroxyl groups is 2. The van der Waals surface area contributed by atoms with Gasteiger partial charge in [-0.3, -0.25) is 4.57 Å². The highest BCUT2D eigenvalue weighted by Gasteiger charge is 2.23. The molecule has 9 heteroatoms. The van der Waals surface area contributed by atoms with E-state index in [-0.39, 0.29) is 22.8 Å². The molecule has 4 rings (SSSR count). The third kappa shape index (κ3) is 4.01. The van der Waals surface area contributed by atoms with Gasteiger partial charge in [-0.1, -0.05) is 18.2 Å². The van der Waals surface area contributed by atoms with Gasteiger partial charge in [-0.25, -0.2) is 0 Å². The van der Waals surface area contributed by atoms with Gasteiger partial charge < -0.3 is 24.6 Å². The lowest BCUT2D eigenvalue weighted by Crippen LogP contribution is -2.38. The van der Waals surface area contributed by atoms with Gasteiger partial charge in [0.05, 0.1) is 31.6 Å². The highest BCUT2D eigenvalue weighted by molar-refractivity contribution is 5.88. The van der Waals surface area contributed by atoms with Crippen molar-refractivity contribution in [1.29, 1.82) is 5.26 Å². The first-order valence-electron chi connectivity index (χ1n) is 9.68. The van der Waals surface area contributed by atoms with Crippen molar-refractivity contribution in [3.8, 4) is 29.0 Å². The van der Waals surface area contributed by atoms with Crippen molar-refractivity contribution >= 4 is 17.6 Å². The minimum absolute atomic E-state index is 0.0991. The summed E-state index contributed by atoms with van der Waals surface area (Å²) in [5, 5.41) is 38.4. The molecule has 1 aromatic heterocycles. The van der Waals surface area contributed by atoms with E-state index >= 15 is 0 Å². The SMILES string of the molecule is COc1cc(C=C(C#N)c2nnc(N3CCOCC3)n2-c2ccccc2)cc(O)c1O. The summed E-state index contributed by atoms with van der Waals surface area (Å²) in [7, 11) is 1.38. The maximum atomic E-state index is 9.98. The van der Waals surface area contributed by atoms with Crippen LogP contribution < -0.4 is 9.64 Å². The van der Waals surface area contributed by atoms with Crippen LogP contribution in [-0.4, -0.2) is 58.4 Å². The number of morpholine rings is 1. The molecule has 0 unspecified atom stereocenters. The lowest BCUT2D eigenvalue weighted by molar-refractivity contribution is 0.122. The van der Waals surface area contributed by atoms with E-state index < -0.39 is 0 Å². The summed E-state index contributed by atoms with van der Waals surface area (Å²) in [5.74, 6) is 0.377. The molecule has 3 aromatic rings. The Morgan fingerprint density at radius 2 is 1.90 bits per heavy atom. The van der Waals surface area contributed by atoms with Gasteiger partial charge >= 0.3 is 0 Å². The van der Waals surface area contributed by atoms with Crippen LogP contribution in [0.2, 0.25) is 0 Å². The van der Waals surface area contributed by atoms with Crippen molar-refractivity contribution in [3.63, 3.8) is 0 Å². The average molecular weight is 419 g/mol. The number of phenols is 2. The summed E-state index contributed by atoms with van der Waals surface area (Å²) < 4.78 is 12.4. The molecular weight excluding hydrogens is 398 g/mol. The van der Waals surface area contributed by atoms with Gasteiger partial charge in [-0.2, -0.15) is 5.26 Å². The number of anilines is 1. The Kier molecular flexibility index (Phi) is 5.73. The molecule has 158 valence electrons. The smallest absolute Gasteiger partial charge is 0.232 e. The van der Waals surface area contributed by atoms with Crippen LogP contribution >= 0.6 is 0 Å². The van der Waals surface area contributed by atoms with Gasteiger partial charge in [0.2, 0.25) is 11.7 Å². The Morgan fingerprint density at radius 1 is 1.16 bits per heavy atom. The number of rotatable bonds is 5. The molecule has 0 radical (unpaired) electrons. The lowest BCUT2D eigenvalue weighted by atomic mass is 10.1. The van der Waals surface area contributed by atoms with Crippen LogP contribution in [0.25, 0.3) is 17.3 Å². The molecular formula is C22H21N5O4. The first-order chi connectivity index (χ1) is 15.1. The highest BCUT2D eigenvalue weighted by atomic mass is 16.5. The molecule has 0 bridgehead atoms. The third-order valence-electron chi connectivity index (χ3n) is 4.92. The largest absolute Gasteiger partial charge is 0.504 e. The summed E-state index contributed by atoms with van der Waals surface area (Å²) in [6.07, 6.45) is 1.56. The lowest BCUT2D eigenvalue weighted by Gasteiger charge is -2.28. The zero-order valence-electron chi connectivity index (χ0n) is 16.9. The van der Waals surface area contributed by atoms with E-state index in [9.17, 15) is 15.5 Å². The summed E-state index contributed by atoms with van der Waals surface area (Å²) in [5.41, 5.74) is 1.53. The Morgan fingerprint density at radius 3 is 2.58 bits per heavy atom. The first-order valence-corrected chi connectivity index (χ1v) is 9.68. The molecule has 31 heavy (non-hydrogen) atoms. The summed E-state index contributed by atoms with van der Waals surface area (Å²) >= 11 is 0. The second-order valence-electron chi connectivity index (χ2n) is 6.85. The molecule has 1 saturated heterocycles. The summed E-state index contributed by atoms with van der Waals surface area (Å²) in [4.78, 5) is 2.07. The van der Waals surface area contributed by atoms with E-state index in [0.29, 0.717) is 43.6 Å². The molecule has 1 aliphatic rings. The Labute approximate surface area is 179 Å². The molecule has 2 heterocycles. The van der Waals surface area contributed by atoms with Crippen LogP contribution in [0.5, 0.6) is 17.2 Å². The number of nitriles is 1. The minimum Gasteiger partial charge on any atom is -0.504 e. The molecule has 0 amide bonds. The number of phenolic OH excluding ortho intramolecular Hbond substituents is 2. The van der Waals surface area contributed by atoms with Gasteiger partial charge in [0.1, 0.15) is 6.07 Å². The van der Waals surface area contributed by atoms with Gasteiger partial charge in [0, 0.05) is 13.1 Å². The second-order valence-corrected chi connectivity index (χ2v) is 6.85. The van der Waals surface area contributed by atoms with Gasteiger partial charge in [-0.15, -0.1) is 10.2 Å². The van der Waals surface area contributed by atoms with Crippen molar-refractivity contribution in [1.82, 2.24) is 14.8 Å². The summed E-state index contributed by atoms with van der Waals surface area (Å²) in [6, 6.07) is 14.6. The molecule has 9 nitrogen and oxygen atoms in total. The number of hydrogen-bond donors (Lipinski definition) is 2. The molecule has 0 atom stereocenters. The van der Waals surface area contributed by atoms with Crippen molar-refractivity contribution in [3.05, 3.63) is 53.9 Å². The number of para-hydroxylation sites is 1. The molecule has 2 aromatic carbocycles. The molecule has 0 aliphatic carbocycles. The number of hydrogen-bond acceptors (Lipinski definition) is 8. The third-order valence-corrected chi connectivity index (χ3v) is 4.92. The molecule has 1 fully saturated rings. The van der Waals surface area contributed by atoms with Gasteiger partial charge in [-0.05, 0) is 35.9 Å². The van der Waals surface area contributed by atoms with Crippen LogP contribution in [0.15, 0.2) is 42.5 Å². The quantitative estimate of drug-likeness (QED) is 0.479. The number of allylic oxidation sites excluding steroid dienone is 1. The fraction of sp³-hybridized carbons (Fsp3) is 0.227. The molecule has 0 spiro atoms. The van der Waals surface area contributed by atoms with E-state index in [1.54, 1.807) is 6.08 Å². The number of nitrogens with zero attached hydrogens (tertiary/aromatic N) is 5. The minimum atomic E-state index is -0.361. The standard InChI is InChI=1S/C22H21N5O4/c1-30-19-13-15(12-18(28)20(19)29)11-16(14-23)21-24-25-22(26-7-9-31-10-8-26)27(21)17-5-3-2-4-6-17/h2-6,11-13,28-29H,7-10H2,1H3. The number of ether oxygens (including phenoxy) is 2. The fourth-order valence-corrected chi connectivity index (χ4v) is 3.40. The second kappa shape index (κ2) is 8.77. The number of aromatic nitrogens is 3. The molecule has 0 saturated carbocycles. The molecule has 1 aliphatic heterocycles. The van der Waals surface area contributed by atoms with Crippen LogP contribution in [0, 0.1) is 11.3 Å². The molecule has 2 N–H and O–H groups in total. The van der Waals surface area contributed by atoms with Gasteiger partial charge in [0.15, 0.2) is 17.3 Å². The predicted molar refractivity (Wildman–Crippen MR) is 114 cm³/mol. The van der Waals surface area contributed by atoms with E-state index in [1.165, 1.54) is 19.2 Å². The normalized spacial score (nSPS) is 14.3. The predicted octanol–water partition coefficient (Wildman–Crippen LogP) is 2.59. The number of methoxy groups -OCH3 is 1. The Balaban J connectivity index is 1.84. The van der Waals surface area contributed by atoms with E-state index in [1.807, 2.05) is 34.9 Å². The first kappa shape index (κ1) is 20.3. The van der Waals surface area contributed by atoms with Crippen LogP contribution in [-0.2, 0) is 4.74 Å². The van der Waals surface area contributed by atoms with Crippen molar-refractivity contribution < 1.29 is 19.7 Å². The van der Waals surface area contributed by atoms with Crippen molar-refractivity contribution in [2.75, 3.05) is 38.3 Å². The zero-order chi connectivity index (χ0) is 21.8. The van der Waals surface area contributed by atoms with Crippen LogP contribution in [0.3, 0.4) is 0 Å². The zero-order valence-corrected chi connectivity index (χ0v) is 16.9. The maximum absolute atomic E-state index is 9.98. The van der Waals surface area contributed by atoms with Crippen LogP contribution in [0.1, 0.15) is 11.4 Å². The average Bonchev–Trinajstić information content (AvgIpc) is 3.25. The monoisotopic (exact) mass is 419 g/mol. The van der Waals surface area contributed by atoms with Crippen molar-refractivity contribution in [2.24, 2.45) is 0 Å². The highest BCUT2D eigenvalue weighted by Crippen LogP contribution is 2.37. The van der Waals surface area contributed by atoms with Crippen molar-refractivity contribution in [2.45, 2.75) is 0 Å². The Bertz CT molecular complexity index is 1140.